The molecule has 6 heteroatoms. The third kappa shape index (κ3) is 5.62. The van der Waals surface area contributed by atoms with E-state index in [9.17, 15) is 0 Å². The van der Waals surface area contributed by atoms with Crippen molar-refractivity contribution in [2.45, 2.75) is 22.6 Å². The monoisotopic (exact) mass is 356 g/mol. The molecular formula is C18H20N4S2. The van der Waals surface area contributed by atoms with E-state index in [0.29, 0.717) is 0 Å². The first-order valence-corrected chi connectivity index (χ1v) is 9.88. The van der Waals surface area contributed by atoms with Crippen LogP contribution >= 0.6 is 23.5 Å². The standard InChI is InChI=1S/C18H20N4S2/c1-3-7-15(8-4-1)23-13-11-17-19-21-18(22-20-17)12-14-24-16-9-5-2-6-10-16/h1-10H,11-14H2,(H,19,20)(H,21,22). The Morgan fingerprint density at radius 1 is 0.625 bits per heavy atom. The Labute approximate surface area is 151 Å². The number of nitrogens with one attached hydrogen (secondary N) is 2. The number of hydrazone groups is 2. The zero-order chi connectivity index (χ0) is 16.5. The first kappa shape index (κ1) is 16.9. The van der Waals surface area contributed by atoms with E-state index in [-0.39, 0.29) is 0 Å². The van der Waals surface area contributed by atoms with Gasteiger partial charge in [-0.2, -0.15) is 10.2 Å². The van der Waals surface area contributed by atoms with Crippen molar-refractivity contribution in [3.8, 4) is 0 Å². The highest BCUT2D eigenvalue weighted by Crippen LogP contribution is 2.19. The maximum atomic E-state index is 4.37. The minimum Gasteiger partial charge on any atom is -0.262 e. The first-order chi connectivity index (χ1) is 11.9. The van der Waals surface area contributed by atoms with Crippen molar-refractivity contribution >= 4 is 35.2 Å². The predicted octanol–water partition coefficient (Wildman–Crippen LogP) is 4.17. The second-order valence-electron chi connectivity index (χ2n) is 5.16. The molecule has 4 nitrogen and oxygen atoms in total. The van der Waals surface area contributed by atoms with Crippen molar-refractivity contribution in [3.63, 3.8) is 0 Å². The zero-order valence-electron chi connectivity index (χ0n) is 13.3. The molecule has 0 saturated heterocycles. The largest absolute Gasteiger partial charge is 0.262 e. The van der Waals surface area contributed by atoms with Crippen molar-refractivity contribution in [2.75, 3.05) is 11.5 Å². The van der Waals surface area contributed by atoms with Gasteiger partial charge in [-0.3, -0.25) is 10.9 Å². The van der Waals surface area contributed by atoms with Gasteiger partial charge in [0.15, 0.2) is 0 Å². The molecule has 1 aliphatic rings. The van der Waals surface area contributed by atoms with E-state index in [0.717, 1.165) is 36.0 Å². The molecule has 3 rings (SSSR count). The molecule has 124 valence electrons. The average Bonchev–Trinajstić information content (AvgIpc) is 2.65. The lowest BCUT2D eigenvalue weighted by atomic mass is 10.4. The maximum absolute atomic E-state index is 4.37. The molecule has 0 amide bonds. The SMILES string of the molecule is c1ccc(SCCC2=NNC(CCSc3ccccc3)=NN2)cc1. The molecule has 0 aromatic heterocycles. The van der Waals surface area contributed by atoms with Crippen molar-refractivity contribution in [2.24, 2.45) is 10.2 Å². The van der Waals surface area contributed by atoms with Crippen LogP contribution in [0, 0.1) is 0 Å². The molecule has 0 radical (unpaired) electrons. The van der Waals surface area contributed by atoms with Crippen molar-refractivity contribution < 1.29 is 0 Å². The smallest absolute Gasteiger partial charge is 0.143 e. The van der Waals surface area contributed by atoms with Crippen LogP contribution < -0.4 is 10.9 Å². The quantitative estimate of drug-likeness (QED) is 0.697. The second kappa shape index (κ2) is 9.39. The van der Waals surface area contributed by atoms with E-state index in [1.807, 2.05) is 35.7 Å². The molecule has 1 aliphatic heterocycles. The summed E-state index contributed by atoms with van der Waals surface area (Å²) in [6, 6.07) is 20.8. The summed E-state index contributed by atoms with van der Waals surface area (Å²) in [5.41, 5.74) is 6.11. The molecule has 2 aromatic rings. The van der Waals surface area contributed by atoms with E-state index in [2.05, 4.69) is 69.6 Å². The predicted molar refractivity (Wildman–Crippen MR) is 105 cm³/mol. The molecular weight excluding hydrogens is 336 g/mol. The summed E-state index contributed by atoms with van der Waals surface area (Å²) in [5.74, 6) is 3.73. The number of rotatable bonds is 8. The summed E-state index contributed by atoms with van der Waals surface area (Å²) in [5, 5.41) is 8.74. The van der Waals surface area contributed by atoms with Gasteiger partial charge in [-0.15, -0.1) is 23.5 Å². The zero-order valence-corrected chi connectivity index (χ0v) is 14.9. The van der Waals surface area contributed by atoms with Gasteiger partial charge in [-0.25, -0.2) is 0 Å². The molecule has 2 aromatic carbocycles. The Bertz CT molecular complexity index is 625. The molecule has 0 atom stereocenters. The Hall–Kier alpha value is -1.92. The average molecular weight is 357 g/mol. The second-order valence-corrected chi connectivity index (χ2v) is 7.50. The van der Waals surface area contributed by atoms with Crippen molar-refractivity contribution in [3.05, 3.63) is 60.7 Å². The number of hydrogen-bond acceptors (Lipinski definition) is 6. The van der Waals surface area contributed by atoms with Crippen molar-refractivity contribution in [1.29, 1.82) is 0 Å². The fourth-order valence-electron chi connectivity index (χ4n) is 2.10. The fourth-order valence-corrected chi connectivity index (χ4v) is 3.86. The molecule has 0 spiro atoms. The Balaban J connectivity index is 1.33. The Morgan fingerprint density at radius 3 is 1.42 bits per heavy atom. The lowest BCUT2D eigenvalue weighted by Gasteiger charge is -2.14. The van der Waals surface area contributed by atoms with E-state index >= 15 is 0 Å². The maximum Gasteiger partial charge on any atom is 0.143 e. The third-order valence-electron chi connectivity index (χ3n) is 3.34. The van der Waals surface area contributed by atoms with Gasteiger partial charge >= 0.3 is 0 Å². The molecule has 2 N–H and O–H groups in total. The summed E-state index contributed by atoms with van der Waals surface area (Å²) >= 11 is 3.65. The lowest BCUT2D eigenvalue weighted by molar-refractivity contribution is 0.837. The number of benzene rings is 2. The highest BCUT2D eigenvalue weighted by Gasteiger charge is 2.08. The molecule has 0 bridgehead atoms. The summed E-state index contributed by atoms with van der Waals surface area (Å²) in [6.07, 6.45) is 1.73. The van der Waals surface area contributed by atoms with Gasteiger partial charge in [0.05, 0.1) is 0 Å². The lowest BCUT2D eigenvalue weighted by Crippen LogP contribution is -2.34. The van der Waals surface area contributed by atoms with Crippen molar-refractivity contribution in [1.82, 2.24) is 10.9 Å². The van der Waals surface area contributed by atoms with E-state index in [4.69, 9.17) is 0 Å². The molecule has 0 aliphatic carbocycles. The highest BCUT2D eigenvalue weighted by molar-refractivity contribution is 7.99. The number of nitrogens with zero attached hydrogens (tertiary/aromatic N) is 2. The molecule has 0 saturated carbocycles. The third-order valence-corrected chi connectivity index (χ3v) is 5.37. The first-order valence-electron chi connectivity index (χ1n) is 7.91. The van der Waals surface area contributed by atoms with Crippen LogP contribution in [-0.2, 0) is 0 Å². The molecule has 24 heavy (non-hydrogen) atoms. The van der Waals surface area contributed by atoms with Gasteiger partial charge in [0, 0.05) is 34.1 Å². The van der Waals surface area contributed by atoms with Gasteiger partial charge in [-0.05, 0) is 24.3 Å². The summed E-state index contributed by atoms with van der Waals surface area (Å²) in [4.78, 5) is 2.56. The number of hydrogen-bond donors (Lipinski definition) is 2. The minimum atomic E-state index is 0.863. The summed E-state index contributed by atoms with van der Waals surface area (Å²) in [6.45, 7) is 0. The van der Waals surface area contributed by atoms with E-state index in [1.54, 1.807) is 0 Å². The van der Waals surface area contributed by atoms with E-state index < -0.39 is 0 Å². The van der Waals surface area contributed by atoms with Gasteiger partial charge in [-0.1, -0.05) is 36.4 Å². The normalized spacial score (nSPS) is 13.5. The van der Waals surface area contributed by atoms with Crippen LogP contribution in [0.5, 0.6) is 0 Å². The molecule has 1 heterocycles. The van der Waals surface area contributed by atoms with Crippen LogP contribution in [0.15, 0.2) is 80.7 Å². The number of thioether (sulfide) groups is 2. The van der Waals surface area contributed by atoms with Gasteiger partial charge in [0.25, 0.3) is 0 Å². The van der Waals surface area contributed by atoms with Crippen LogP contribution in [0.2, 0.25) is 0 Å². The summed E-state index contributed by atoms with van der Waals surface area (Å²) < 4.78 is 0. The topological polar surface area (TPSA) is 48.8 Å². The van der Waals surface area contributed by atoms with Crippen LogP contribution in [0.3, 0.4) is 0 Å². The Morgan fingerprint density at radius 2 is 1.04 bits per heavy atom. The Kier molecular flexibility index (Phi) is 6.62. The van der Waals surface area contributed by atoms with E-state index in [1.165, 1.54) is 9.79 Å². The van der Waals surface area contributed by atoms with Gasteiger partial charge in [0.1, 0.15) is 11.7 Å². The van der Waals surface area contributed by atoms with Crippen LogP contribution in [0.4, 0.5) is 0 Å². The number of amidine groups is 2. The fraction of sp³-hybridized carbons (Fsp3) is 0.222. The van der Waals surface area contributed by atoms with Gasteiger partial charge in [0.2, 0.25) is 0 Å². The highest BCUT2D eigenvalue weighted by atomic mass is 32.2. The summed E-state index contributed by atoms with van der Waals surface area (Å²) in [7, 11) is 0. The minimum absolute atomic E-state index is 0.863. The van der Waals surface area contributed by atoms with Crippen LogP contribution in [-0.4, -0.2) is 23.2 Å². The molecule has 0 fully saturated rings. The van der Waals surface area contributed by atoms with Crippen LogP contribution in [0.25, 0.3) is 0 Å². The van der Waals surface area contributed by atoms with Crippen LogP contribution in [0.1, 0.15) is 12.8 Å². The molecule has 0 unspecified atom stereocenters. The van der Waals surface area contributed by atoms with Gasteiger partial charge < -0.3 is 0 Å².